The van der Waals surface area contributed by atoms with Gasteiger partial charge in [0.1, 0.15) is 0 Å². The van der Waals surface area contributed by atoms with Crippen LogP contribution >= 0.6 is 0 Å². The summed E-state index contributed by atoms with van der Waals surface area (Å²) in [5, 5.41) is 6.08. The molecule has 1 heterocycles. The largest absolute Gasteiger partial charge is 0.453 e. The van der Waals surface area contributed by atoms with E-state index in [1.807, 2.05) is 0 Å². The van der Waals surface area contributed by atoms with Crippen LogP contribution in [0.3, 0.4) is 0 Å². The van der Waals surface area contributed by atoms with Gasteiger partial charge in [0.2, 0.25) is 0 Å². The molecule has 0 aliphatic carbocycles. The maximum atomic E-state index is 10.8. The highest BCUT2D eigenvalue weighted by Crippen LogP contribution is 2.09. The molecule has 13 heavy (non-hydrogen) atoms. The normalized spacial score (nSPS) is 23.3. The van der Waals surface area contributed by atoms with Crippen LogP contribution in [0.15, 0.2) is 0 Å². The smallest absolute Gasteiger partial charge is 0.406 e. The van der Waals surface area contributed by atoms with Crippen molar-refractivity contribution in [2.75, 3.05) is 26.7 Å². The molecule has 1 saturated heterocycles. The van der Waals surface area contributed by atoms with Gasteiger partial charge in [-0.25, -0.2) is 4.79 Å². The quantitative estimate of drug-likeness (QED) is 0.668. The van der Waals surface area contributed by atoms with Crippen LogP contribution in [0.5, 0.6) is 0 Å². The average Bonchev–Trinajstić information content (AvgIpc) is 2.42. The molecule has 0 spiro atoms. The van der Waals surface area contributed by atoms with E-state index >= 15 is 0 Å². The van der Waals surface area contributed by atoms with E-state index in [9.17, 15) is 4.79 Å². The summed E-state index contributed by atoms with van der Waals surface area (Å²) >= 11 is 0. The summed E-state index contributed by atoms with van der Waals surface area (Å²) in [4.78, 5) is 10.8. The van der Waals surface area contributed by atoms with Crippen LogP contribution in [0, 0.1) is 5.92 Å². The van der Waals surface area contributed by atoms with Gasteiger partial charge in [-0.15, -0.1) is 0 Å². The fourth-order valence-electron chi connectivity index (χ4n) is 1.57. The Morgan fingerprint density at radius 1 is 1.62 bits per heavy atom. The number of carbonyl (C=O) groups is 1. The molecule has 1 rings (SSSR count). The van der Waals surface area contributed by atoms with Gasteiger partial charge in [-0.2, -0.15) is 0 Å². The second-order valence-electron chi connectivity index (χ2n) is 3.44. The first-order chi connectivity index (χ1) is 6.33. The van der Waals surface area contributed by atoms with Crippen LogP contribution in [-0.2, 0) is 4.74 Å². The molecule has 1 aliphatic heterocycles. The van der Waals surface area contributed by atoms with Crippen LogP contribution < -0.4 is 10.6 Å². The zero-order chi connectivity index (χ0) is 9.52. The Hall–Kier alpha value is -0.770. The van der Waals surface area contributed by atoms with Gasteiger partial charge in [0.25, 0.3) is 0 Å². The number of ether oxygens (including phenoxy) is 1. The summed E-state index contributed by atoms with van der Waals surface area (Å²) in [6.07, 6.45) is 3.36. The minimum Gasteiger partial charge on any atom is -0.453 e. The summed E-state index contributed by atoms with van der Waals surface area (Å²) in [6.45, 7) is 2.83. The number of rotatable bonds is 2. The Kier molecular flexibility index (Phi) is 4.60. The molecular weight excluding hydrogens is 168 g/mol. The summed E-state index contributed by atoms with van der Waals surface area (Å²) < 4.78 is 4.50. The zero-order valence-electron chi connectivity index (χ0n) is 8.14. The van der Waals surface area contributed by atoms with Crippen LogP contribution in [0.1, 0.15) is 19.3 Å². The second kappa shape index (κ2) is 5.80. The molecule has 1 unspecified atom stereocenters. The molecule has 76 valence electrons. The highest BCUT2D eigenvalue weighted by atomic mass is 16.5. The SMILES string of the molecule is COC(=O)NCC1CCCCNC1. The van der Waals surface area contributed by atoms with Gasteiger partial charge < -0.3 is 15.4 Å². The van der Waals surface area contributed by atoms with E-state index < -0.39 is 0 Å². The van der Waals surface area contributed by atoms with Gasteiger partial charge in [-0.3, -0.25) is 0 Å². The fourth-order valence-corrected chi connectivity index (χ4v) is 1.57. The number of hydrogen-bond acceptors (Lipinski definition) is 3. The third kappa shape index (κ3) is 4.12. The molecule has 1 aliphatic rings. The van der Waals surface area contributed by atoms with Crippen LogP contribution in [-0.4, -0.2) is 32.8 Å². The lowest BCUT2D eigenvalue weighted by atomic mass is 10.0. The molecule has 0 aromatic rings. The Bertz CT molecular complexity index is 154. The van der Waals surface area contributed by atoms with Crippen molar-refractivity contribution >= 4 is 6.09 Å². The molecular formula is C9H18N2O2. The van der Waals surface area contributed by atoms with E-state index in [1.165, 1.54) is 26.4 Å². The molecule has 0 radical (unpaired) electrons. The number of amides is 1. The Morgan fingerprint density at radius 2 is 2.46 bits per heavy atom. The zero-order valence-corrected chi connectivity index (χ0v) is 8.14. The van der Waals surface area contributed by atoms with Crippen LogP contribution in [0.4, 0.5) is 4.79 Å². The topological polar surface area (TPSA) is 50.4 Å². The summed E-state index contributed by atoms with van der Waals surface area (Å²) in [5.41, 5.74) is 0. The van der Waals surface area contributed by atoms with Crippen molar-refractivity contribution in [1.29, 1.82) is 0 Å². The van der Waals surface area contributed by atoms with Crippen LogP contribution in [0.2, 0.25) is 0 Å². The fraction of sp³-hybridized carbons (Fsp3) is 0.889. The number of carbonyl (C=O) groups excluding carboxylic acids is 1. The van der Waals surface area contributed by atoms with Gasteiger partial charge in [0.05, 0.1) is 7.11 Å². The van der Waals surface area contributed by atoms with E-state index in [4.69, 9.17) is 0 Å². The summed E-state index contributed by atoms with van der Waals surface area (Å²) in [6, 6.07) is 0. The van der Waals surface area contributed by atoms with Gasteiger partial charge in [0, 0.05) is 6.54 Å². The highest BCUT2D eigenvalue weighted by molar-refractivity contribution is 5.66. The molecule has 1 amide bonds. The maximum absolute atomic E-state index is 10.8. The van der Waals surface area contributed by atoms with Crippen molar-refractivity contribution < 1.29 is 9.53 Å². The first-order valence-corrected chi connectivity index (χ1v) is 4.85. The molecule has 1 atom stereocenters. The van der Waals surface area contributed by atoms with E-state index in [1.54, 1.807) is 0 Å². The predicted octanol–water partition coefficient (Wildman–Crippen LogP) is 0.732. The van der Waals surface area contributed by atoms with Gasteiger partial charge >= 0.3 is 6.09 Å². The van der Waals surface area contributed by atoms with Crippen molar-refractivity contribution in [3.8, 4) is 0 Å². The van der Waals surface area contributed by atoms with Crippen LogP contribution in [0.25, 0.3) is 0 Å². The van der Waals surface area contributed by atoms with E-state index in [-0.39, 0.29) is 6.09 Å². The molecule has 4 heteroatoms. The average molecular weight is 186 g/mol. The van der Waals surface area contributed by atoms with Gasteiger partial charge in [0.15, 0.2) is 0 Å². The molecule has 0 aromatic heterocycles. The first kappa shape index (κ1) is 10.3. The lowest BCUT2D eigenvalue weighted by molar-refractivity contribution is 0.169. The highest BCUT2D eigenvalue weighted by Gasteiger charge is 2.12. The molecule has 2 N–H and O–H groups in total. The minimum absolute atomic E-state index is 0.329. The third-order valence-corrected chi connectivity index (χ3v) is 2.37. The Labute approximate surface area is 79.0 Å². The predicted molar refractivity (Wildman–Crippen MR) is 50.6 cm³/mol. The van der Waals surface area contributed by atoms with Gasteiger partial charge in [-0.1, -0.05) is 6.42 Å². The third-order valence-electron chi connectivity index (χ3n) is 2.37. The minimum atomic E-state index is -0.329. The Morgan fingerprint density at radius 3 is 3.23 bits per heavy atom. The van der Waals surface area contributed by atoms with Crippen molar-refractivity contribution in [2.45, 2.75) is 19.3 Å². The maximum Gasteiger partial charge on any atom is 0.406 e. The van der Waals surface area contributed by atoms with Crippen molar-refractivity contribution in [2.24, 2.45) is 5.92 Å². The molecule has 1 fully saturated rings. The number of nitrogens with one attached hydrogen (secondary N) is 2. The first-order valence-electron chi connectivity index (χ1n) is 4.85. The molecule has 0 saturated carbocycles. The van der Waals surface area contributed by atoms with E-state index in [0.29, 0.717) is 5.92 Å². The molecule has 4 nitrogen and oxygen atoms in total. The standard InChI is InChI=1S/C9H18N2O2/c1-13-9(12)11-7-8-4-2-3-5-10-6-8/h8,10H,2-7H2,1H3,(H,11,12). The lowest BCUT2D eigenvalue weighted by Gasteiger charge is -2.13. The summed E-state index contributed by atoms with van der Waals surface area (Å²) in [7, 11) is 1.39. The number of alkyl carbamates (subject to hydrolysis) is 1. The Balaban J connectivity index is 2.15. The monoisotopic (exact) mass is 186 g/mol. The van der Waals surface area contributed by atoms with Crippen molar-refractivity contribution in [3.63, 3.8) is 0 Å². The number of methoxy groups -OCH3 is 1. The molecule has 0 aromatic carbocycles. The van der Waals surface area contributed by atoms with Crippen molar-refractivity contribution in [1.82, 2.24) is 10.6 Å². The lowest BCUT2D eigenvalue weighted by Crippen LogP contribution is -2.33. The van der Waals surface area contributed by atoms with Gasteiger partial charge in [-0.05, 0) is 31.8 Å². The second-order valence-corrected chi connectivity index (χ2v) is 3.44. The summed E-state index contributed by atoms with van der Waals surface area (Å²) in [5.74, 6) is 0.557. The molecule has 0 bridgehead atoms. The van der Waals surface area contributed by atoms with E-state index in [2.05, 4.69) is 15.4 Å². The van der Waals surface area contributed by atoms with Crippen molar-refractivity contribution in [3.05, 3.63) is 0 Å². The number of hydrogen-bond donors (Lipinski definition) is 2. The van der Waals surface area contributed by atoms with E-state index in [0.717, 1.165) is 19.6 Å².